The number of benzene rings is 2. The highest BCUT2D eigenvalue weighted by Gasteiger charge is 2.30. The number of fused-ring (bicyclic) bond motifs is 2. The van der Waals surface area contributed by atoms with E-state index in [1.165, 1.54) is 6.92 Å². The third-order valence-corrected chi connectivity index (χ3v) is 4.33. The van der Waals surface area contributed by atoms with E-state index in [-0.39, 0.29) is 24.8 Å². The summed E-state index contributed by atoms with van der Waals surface area (Å²) in [4.78, 5) is 11.1. The number of esters is 1. The normalized spacial score (nSPS) is 20.9. The Balaban J connectivity index is 1.61. The fourth-order valence-corrected chi connectivity index (χ4v) is 3.25. The van der Waals surface area contributed by atoms with Gasteiger partial charge < -0.3 is 18.9 Å². The van der Waals surface area contributed by atoms with Gasteiger partial charge >= 0.3 is 5.97 Å². The fourth-order valence-electron chi connectivity index (χ4n) is 3.25. The van der Waals surface area contributed by atoms with E-state index in [1.54, 1.807) is 6.07 Å². The Bertz CT molecular complexity index is 798. The largest absolute Gasteiger partial charge is 0.485 e. The van der Waals surface area contributed by atoms with E-state index >= 15 is 0 Å². The zero-order chi connectivity index (χ0) is 16.7. The van der Waals surface area contributed by atoms with Gasteiger partial charge in [-0.2, -0.15) is 0 Å². The third-order valence-electron chi connectivity index (χ3n) is 4.33. The van der Waals surface area contributed by atoms with Crippen molar-refractivity contribution < 1.29 is 23.7 Å². The number of hydrogen-bond acceptors (Lipinski definition) is 5. The van der Waals surface area contributed by atoms with Crippen molar-refractivity contribution >= 4 is 5.97 Å². The van der Waals surface area contributed by atoms with Crippen molar-refractivity contribution in [3.63, 3.8) is 0 Å². The molecular weight excluding hydrogens is 308 g/mol. The molecule has 5 heteroatoms. The van der Waals surface area contributed by atoms with Crippen molar-refractivity contribution in [3.8, 4) is 23.0 Å². The van der Waals surface area contributed by atoms with Gasteiger partial charge in [-0.25, -0.2) is 0 Å². The zero-order valence-corrected chi connectivity index (χ0v) is 13.6. The quantitative estimate of drug-likeness (QED) is 0.623. The van der Waals surface area contributed by atoms with E-state index < -0.39 is 0 Å². The van der Waals surface area contributed by atoms with Crippen LogP contribution in [0, 0.1) is 5.92 Å². The number of rotatable bonds is 2. The Kier molecular flexibility index (Phi) is 3.56. The maximum absolute atomic E-state index is 11.1. The Morgan fingerprint density at radius 3 is 2.71 bits per heavy atom. The summed E-state index contributed by atoms with van der Waals surface area (Å²) in [5, 5.41) is 0. The van der Waals surface area contributed by atoms with Gasteiger partial charge in [-0.3, -0.25) is 4.79 Å². The summed E-state index contributed by atoms with van der Waals surface area (Å²) >= 11 is 0. The molecule has 0 saturated heterocycles. The average Bonchev–Trinajstić information content (AvgIpc) is 3.01. The second-order valence-corrected chi connectivity index (χ2v) is 6.20. The minimum atomic E-state index is -0.321. The van der Waals surface area contributed by atoms with E-state index in [0.29, 0.717) is 5.75 Å². The molecule has 0 amide bonds. The van der Waals surface area contributed by atoms with Crippen LogP contribution in [-0.2, 0) is 11.2 Å². The van der Waals surface area contributed by atoms with Gasteiger partial charge in [-0.15, -0.1) is 0 Å². The molecule has 0 aromatic heterocycles. The Morgan fingerprint density at radius 1 is 1.08 bits per heavy atom. The monoisotopic (exact) mass is 326 g/mol. The van der Waals surface area contributed by atoms with E-state index in [4.69, 9.17) is 18.9 Å². The molecule has 0 radical (unpaired) electrons. The average molecular weight is 326 g/mol. The van der Waals surface area contributed by atoms with Crippen LogP contribution in [-0.4, -0.2) is 12.8 Å². The van der Waals surface area contributed by atoms with E-state index in [0.717, 1.165) is 34.8 Å². The second-order valence-electron chi connectivity index (χ2n) is 6.20. The number of carbonyl (C=O) groups is 1. The molecule has 24 heavy (non-hydrogen) atoms. The Labute approximate surface area is 140 Å². The van der Waals surface area contributed by atoms with Gasteiger partial charge in [0.25, 0.3) is 0 Å². The summed E-state index contributed by atoms with van der Waals surface area (Å²) in [6.45, 7) is 3.81. The number of carbonyl (C=O) groups excluding carboxylic acids is 1. The summed E-state index contributed by atoms with van der Waals surface area (Å²) < 4.78 is 22.2. The van der Waals surface area contributed by atoms with E-state index in [1.807, 2.05) is 30.3 Å². The highest BCUT2D eigenvalue weighted by atomic mass is 16.7. The molecule has 2 aromatic rings. The minimum Gasteiger partial charge on any atom is -0.485 e. The molecule has 2 aliphatic rings. The molecule has 2 aromatic carbocycles. The van der Waals surface area contributed by atoms with Crippen LogP contribution in [0.1, 0.15) is 31.1 Å². The number of hydrogen-bond donors (Lipinski definition) is 0. The molecule has 0 saturated carbocycles. The Hall–Kier alpha value is -2.69. The summed E-state index contributed by atoms with van der Waals surface area (Å²) in [6, 6.07) is 11.4. The first-order chi connectivity index (χ1) is 11.6. The summed E-state index contributed by atoms with van der Waals surface area (Å²) in [6.07, 6.45) is 0.801. The minimum absolute atomic E-state index is 0.0495. The predicted octanol–water partition coefficient (Wildman–Crippen LogP) is 3.65. The van der Waals surface area contributed by atoms with Crippen LogP contribution in [0.15, 0.2) is 36.4 Å². The van der Waals surface area contributed by atoms with Crippen LogP contribution in [0.2, 0.25) is 0 Å². The molecule has 0 N–H and O–H groups in total. The first kappa shape index (κ1) is 14.9. The molecule has 124 valence electrons. The van der Waals surface area contributed by atoms with Crippen molar-refractivity contribution in [3.05, 3.63) is 47.5 Å². The number of ether oxygens (including phenoxy) is 4. The SMILES string of the molecule is CC(=O)Oc1ccc2c(c1)CC(C)C(c1ccc3c(c1)OCO3)O2. The summed E-state index contributed by atoms with van der Waals surface area (Å²) in [5.74, 6) is 2.88. The molecule has 0 aliphatic carbocycles. The molecule has 2 unspecified atom stereocenters. The zero-order valence-electron chi connectivity index (χ0n) is 13.6. The van der Waals surface area contributed by atoms with Crippen LogP contribution in [0.3, 0.4) is 0 Å². The molecule has 0 fully saturated rings. The van der Waals surface area contributed by atoms with Crippen molar-refractivity contribution in [2.45, 2.75) is 26.4 Å². The van der Waals surface area contributed by atoms with Gasteiger partial charge in [0.05, 0.1) is 0 Å². The van der Waals surface area contributed by atoms with Crippen molar-refractivity contribution in [2.24, 2.45) is 5.92 Å². The van der Waals surface area contributed by atoms with E-state index in [2.05, 4.69) is 6.92 Å². The fraction of sp³-hybridized carbons (Fsp3) is 0.316. The van der Waals surface area contributed by atoms with Gasteiger partial charge in [0.1, 0.15) is 17.6 Å². The molecule has 2 aliphatic heterocycles. The van der Waals surface area contributed by atoms with Crippen molar-refractivity contribution in [2.75, 3.05) is 6.79 Å². The first-order valence-electron chi connectivity index (χ1n) is 7.98. The lowest BCUT2D eigenvalue weighted by molar-refractivity contribution is -0.131. The topological polar surface area (TPSA) is 54.0 Å². The summed E-state index contributed by atoms with van der Waals surface area (Å²) in [5.41, 5.74) is 2.12. The molecule has 0 spiro atoms. The molecular formula is C19H18O5. The summed E-state index contributed by atoms with van der Waals surface area (Å²) in [7, 11) is 0. The van der Waals surface area contributed by atoms with Gasteiger partial charge in [-0.1, -0.05) is 13.0 Å². The lowest BCUT2D eigenvalue weighted by atomic mass is 9.88. The lowest BCUT2D eigenvalue weighted by Gasteiger charge is -2.32. The maximum Gasteiger partial charge on any atom is 0.308 e. The van der Waals surface area contributed by atoms with Gasteiger partial charge in [0.2, 0.25) is 6.79 Å². The molecule has 2 heterocycles. The smallest absolute Gasteiger partial charge is 0.308 e. The predicted molar refractivity (Wildman–Crippen MR) is 86.6 cm³/mol. The van der Waals surface area contributed by atoms with Crippen LogP contribution in [0.4, 0.5) is 0 Å². The molecule has 5 nitrogen and oxygen atoms in total. The first-order valence-corrected chi connectivity index (χ1v) is 7.98. The highest BCUT2D eigenvalue weighted by Crippen LogP contribution is 2.42. The van der Waals surface area contributed by atoms with Crippen molar-refractivity contribution in [1.82, 2.24) is 0 Å². The second kappa shape index (κ2) is 5.74. The standard InChI is InChI=1S/C19H18O5/c1-11-7-14-8-15(23-12(2)20)4-6-16(14)24-19(11)13-3-5-17-18(9-13)22-10-21-17/h3-6,8-9,11,19H,7,10H2,1-2H3. The van der Waals surface area contributed by atoms with E-state index in [9.17, 15) is 4.79 Å². The molecule has 0 bridgehead atoms. The molecule has 2 atom stereocenters. The Morgan fingerprint density at radius 2 is 1.88 bits per heavy atom. The third kappa shape index (κ3) is 2.66. The molecule has 4 rings (SSSR count). The van der Waals surface area contributed by atoms with Crippen LogP contribution in [0.5, 0.6) is 23.0 Å². The lowest BCUT2D eigenvalue weighted by Crippen LogP contribution is -2.23. The van der Waals surface area contributed by atoms with Gasteiger partial charge in [0.15, 0.2) is 11.5 Å². The maximum atomic E-state index is 11.1. The highest BCUT2D eigenvalue weighted by molar-refractivity contribution is 5.69. The van der Waals surface area contributed by atoms with Crippen molar-refractivity contribution in [1.29, 1.82) is 0 Å². The van der Waals surface area contributed by atoms with Crippen LogP contribution >= 0.6 is 0 Å². The van der Waals surface area contributed by atoms with Gasteiger partial charge in [0, 0.05) is 12.8 Å². The van der Waals surface area contributed by atoms with Crippen LogP contribution < -0.4 is 18.9 Å². The van der Waals surface area contributed by atoms with Crippen LogP contribution in [0.25, 0.3) is 0 Å². The van der Waals surface area contributed by atoms with Gasteiger partial charge in [-0.05, 0) is 47.9 Å².